The molecule has 0 aromatic heterocycles. The van der Waals surface area contributed by atoms with Gasteiger partial charge in [0.15, 0.2) is 0 Å². The maximum atomic E-state index is 5.21. The third kappa shape index (κ3) is 8.10. The Morgan fingerprint density at radius 2 is 2.10 bits per heavy atom. The zero-order valence-electron chi connectivity index (χ0n) is 6.76. The average Bonchev–Trinajstić information content (AvgIpc) is 1.97. The number of unbranched alkanes of at least 4 members (excludes halogenated alkanes) is 1. The van der Waals surface area contributed by atoms with E-state index < -0.39 is 10.0 Å². The first-order valence-corrected chi connectivity index (χ1v) is 4.71. The summed E-state index contributed by atoms with van der Waals surface area (Å²) in [7, 11) is 0.867. The minimum absolute atomic E-state index is 0.373. The zero-order chi connectivity index (χ0) is 7.66. The summed E-state index contributed by atoms with van der Waals surface area (Å²) >= 11 is 0. The Hall–Kier alpha value is 0.0969. The Bertz CT molecular complexity index is 53.0. The Balaban J connectivity index is 2.65. The van der Waals surface area contributed by atoms with Crippen molar-refractivity contribution >= 4 is 10.0 Å². The van der Waals surface area contributed by atoms with Crippen molar-refractivity contribution < 1.29 is 13.6 Å². The standard InChI is InChI=1S/C6H16O3Si/c1-3-4-5-8-10-9-6-7-2/h3-6,10H2,1-2H3. The molecule has 0 fully saturated rings. The fraction of sp³-hybridized carbons (Fsp3) is 1.00. The van der Waals surface area contributed by atoms with Crippen molar-refractivity contribution in [2.24, 2.45) is 0 Å². The molecule has 0 N–H and O–H groups in total. The molecule has 0 bridgehead atoms. The van der Waals surface area contributed by atoms with Crippen LogP contribution in [0.1, 0.15) is 19.8 Å². The molecule has 0 saturated carbocycles. The van der Waals surface area contributed by atoms with Crippen molar-refractivity contribution in [3.63, 3.8) is 0 Å². The van der Waals surface area contributed by atoms with Gasteiger partial charge in [-0.15, -0.1) is 0 Å². The lowest BCUT2D eigenvalue weighted by molar-refractivity contribution is 0.0370. The van der Waals surface area contributed by atoms with Crippen molar-refractivity contribution in [3.05, 3.63) is 0 Å². The minimum atomic E-state index is -0.745. The van der Waals surface area contributed by atoms with Crippen LogP contribution in [0.3, 0.4) is 0 Å². The molecule has 0 heterocycles. The summed E-state index contributed by atoms with van der Waals surface area (Å²) in [6.07, 6.45) is 2.31. The third-order valence-electron chi connectivity index (χ3n) is 1.01. The molecule has 0 aromatic rings. The molecule has 3 nitrogen and oxygen atoms in total. The van der Waals surface area contributed by atoms with Crippen LogP contribution in [0.5, 0.6) is 0 Å². The molecule has 0 saturated heterocycles. The number of rotatable bonds is 7. The first kappa shape index (κ1) is 10.1. The number of hydrogen-bond acceptors (Lipinski definition) is 3. The lowest BCUT2D eigenvalue weighted by Crippen LogP contribution is -2.07. The van der Waals surface area contributed by atoms with Gasteiger partial charge in [-0.2, -0.15) is 0 Å². The Morgan fingerprint density at radius 3 is 2.70 bits per heavy atom. The highest BCUT2D eigenvalue weighted by Gasteiger charge is 1.87. The molecule has 10 heavy (non-hydrogen) atoms. The number of methoxy groups -OCH3 is 1. The van der Waals surface area contributed by atoms with Crippen molar-refractivity contribution in [1.29, 1.82) is 0 Å². The second kappa shape index (κ2) is 9.10. The molecular formula is C6H16O3Si. The van der Waals surface area contributed by atoms with Gasteiger partial charge in [-0.1, -0.05) is 13.3 Å². The highest BCUT2D eigenvalue weighted by molar-refractivity contribution is 6.17. The first-order valence-electron chi connectivity index (χ1n) is 3.56. The number of ether oxygens (including phenoxy) is 1. The molecule has 0 aliphatic rings. The van der Waals surface area contributed by atoms with Crippen LogP contribution >= 0.6 is 0 Å². The van der Waals surface area contributed by atoms with E-state index in [2.05, 4.69) is 11.7 Å². The van der Waals surface area contributed by atoms with E-state index in [1.807, 2.05) is 0 Å². The smallest absolute Gasteiger partial charge is 0.306 e. The SMILES string of the molecule is CCCCO[SiH2]OCOC. The monoisotopic (exact) mass is 164 g/mol. The second-order valence-electron chi connectivity index (χ2n) is 1.99. The van der Waals surface area contributed by atoms with Gasteiger partial charge in [-0.25, -0.2) is 0 Å². The van der Waals surface area contributed by atoms with Gasteiger partial charge >= 0.3 is 10.0 Å². The van der Waals surface area contributed by atoms with Crippen LogP contribution in [0.15, 0.2) is 0 Å². The largest absolute Gasteiger partial charge is 0.399 e. The summed E-state index contributed by atoms with van der Waals surface area (Å²) in [6, 6.07) is 0. The van der Waals surface area contributed by atoms with E-state index in [4.69, 9.17) is 8.85 Å². The lowest BCUT2D eigenvalue weighted by atomic mass is 10.4. The molecule has 0 radical (unpaired) electrons. The van der Waals surface area contributed by atoms with Crippen molar-refractivity contribution in [1.82, 2.24) is 0 Å². The molecule has 0 atom stereocenters. The molecule has 0 spiro atoms. The maximum absolute atomic E-state index is 5.21. The van der Waals surface area contributed by atoms with E-state index >= 15 is 0 Å². The normalized spacial score (nSPS) is 11.4. The minimum Gasteiger partial charge on any atom is -0.399 e. The summed E-state index contributed by atoms with van der Waals surface area (Å²) in [6.45, 7) is 3.35. The van der Waals surface area contributed by atoms with Crippen molar-refractivity contribution in [3.8, 4) is 0 Å². The van der Waals surface area contributed by atoms with Crippen LogP contribution in [0.25, 0.3) is 0 Å². The van der Waals surface area contributed by atoms with E-state index in [0.29, 0.717) is 6.79 Å². The summed E-state index contributed by atoms with van der Waals surface area (Å²) in [5.74, 6) is 0. The molecule has 0 rings (SSSR count). The molecule has 0 amide bonds. The van der Waals surface area contributed by atoms with Gasteiger partial charge in [0.2, 0.25) is 0 Å². The Morgan fingerprint density at radius 1 is 1.30 bits per heavy atom. The van der Waals surface area contributed by atoms with Gasteiger partial charge in [-0.3, -0.25) is 0 Å². The Labute approximate surface area is 64.7 Å². The zero-order valence-corrected chi connectivity index (χ0v) is 8.17. The fourth-order valence-corrected chi connectivity index (χ4v) is 1.16. The van der Waals surface area contributed by atoms with Crippen LogP contribution < -0.4 is 0 Å². The summed E-state index contributed by atoms with van der Waals surface area (Å²) < 4.78 is 14.9. The van der Waals surface area contributed by atoms with Crippen molar-refractivity contribution in [2.45, 2.75) is 19.8 Å². The van der Waals surface area contributed by atoms with Gasteiger partial charge in [0.05, 0.1) is 0 Å². The molecule has 0 aromatic carbocycles. The molecule has 0 aliphatic carbocycles. The van der Waals surface area contributed by atoms with Crippen LogP contribution in [0.4, 0.5) is 0 Å². The average molecular weight is 164 g/mol. The Kier molecular flexibility index (Phi) is 9.19. The fourth-order valence-electron chi connectivity index (χ4n) is 0.482. The van der Waals surface area contributed by atoms with Crippen LogP contribution in [0, 0.1) is 0 Å². The van der Waals surface area contributed by atoms with Gasteiger partial charge in [0.1, 0.15) is 6.79 Å². The van der Waals surface area contributed by atoms with Crippen LogP contribution in [-0.2, 0) is 13.6 Å². The van der Waals surface area contributed by atoms with E-state index in [0.717, 1.165) is 13.0 Å². The highest BCUT2D eigenvalue weighted by Crippen LogP contribution is 1.86. The summed E-state index contributed by atoms with van der Waals surface area (Å²) in [5.41, 5.74) is 0. The van der Waals surface area contributed by atoms with E-state index in [-0.39, 0.29) is 0 Å². The van der Waals surface area contributed by atoms with Crippen LogP contribution in [-0.4, -0.2) is 30.5 Å². The summed E-state index contributed by atoms with van der Waals surface area (Å²) in [4.78, 5) is 0. The second-order valence-corrected chi connectivity index (χ2v) is 3.04. The summed E-state index contributed by atoms with van der Waals surface area (Å²) in [5, 5.41) is 0. The maximum Gasteiger partial charge on any atom is 0.306 e. The highest BCUT2D eigenvalue weighted by atomic mass is 28.3. The quantitative estimate of drug-likeness (QED) is 0.310. The number of hydrogen-bond donors (Lipinski definition) is 0. The predicted molar refractivity (Wildman–Crippen MR) is 42.4 cm³/mol. The molecular weight excluding hydrogens is 148 g/mol. The van der Waals surface area contributed by atoms with Crippen LogP contribution in [0.2, 0.25) is 0 Å². The topological polar surface area (TPSA) is 27.7 Å². The molecule has 0 aliphatic heterocycles. The van der Waals surface area contributed by atoms with E-state index in [9.17, 15) is 0 Å². The predicted octanol–water partition coefficient (Wildman–Crippen LogP) is 0.422. The van der Waals surface area contributed by atoms with Gasteiger partial charge in [0.25, 0.3) is 0 Å². The molecule has 4 heteroatoms. The van der Waals surface area contributed by atoms with Gasteiger partial charge < -0.3 is 13.6 Å². The first-order chi connectivity index (χ1) is 4.91. The third-order valence-corrected chi connectivity index (χ3v) is 1.80. The lowest BCUT2D eigenvalue weighted by Gasteiger charge is -2.02. The van der Waals surface area contributed by atoms with E-state index in [1.54, 1.807) is 7.11 Å². The van der Waals surface area contributed by atoms with E-state index in [1.165, 1.54) is 6.42 Å². The molecule has 0 unspecified atom stereocenters. The molecule has 62 valence electrons. The van der Waals surface area contributed by atoms with Gasteiger partial charge in [0, 0.05) is 13.7 Å². The van der Waals surface area contributed by atoms with Gasteiger partial charge in [-0.05, 0) is 6.42 Å². The van der Waals surface area contributed by atoms with Crippen molar-refractivity contribution in [2.75, 3.05) is 20.5 Å².